The van der Waals surface area contributed by atoms with Crippen LogP contribution in [0.25, 0.3) is 11.1 Å². The highest BCUT2D eigenvalue weighted by atomic mass is 16.5. The van der Waals surface area contributed by atoms with E-state index in [1.807, 2.05) is 19.4 Å². The number of H-pyrrole nitrogens is 1. The highest BCUT2D eigenvalue weighted by Crippen LogP contribution is 2.33. The molecular weight excluding hydrogens is 226 g/mol. The second kappa shape index (κ2) is 4.92. The molecule has 0 amide bonds. The number of nitrogens with zero attached hydrogens (tertiary/aromatic N) is 1. The van der Waals surface area contributed by atoms with Crippen molar-refractivity contribution in [3.05, 3.63) is 41.7 Å². The standard InChI is InChI=1S/C14H17N3O/c1-15-9-14-13-4-2-3-11(10-7-16-17-8-10)12(13)5-6-18-14/h2-4,7-8,14-15H,5-6,9H2,1H3,(H,16,17). The molecule has 18 heavy (non-hydrogen) atoms. The summed E-state index contributed by atoms with van der Waals surface area (Å²) in [5, 5.41) is 10.1. The smallest absolute Gasteiger partial charge is 0.0952 e. The van der Waals surface area contributed by atoms with Crippen LogP contribution < -0.4 is 5.32 Å². The quantitative estimate of drug-likeness (QED) is 0.865. The van der Waals surface area contributed by atoms with Gasteiger partial charge in [0.25, 0.3) is 0 Å². The van der Waals surface area contributed by atoms with E-state index >= 15 is 0 Å². The Morgan fingerprint density at radius 1 is 1.50 bits per heavy atom. The first-order valence-corrected chi connectivity index (χ1v) is 6.27. The number of likely N-dealkylation sites (N-methyl/N-ethyl adjacent to an activating group) is 1. The average Bonchev–Trinajstić information content (AvgIpc) is 2.93. The number of nitrogens with one attached hydrogen (secondary N) is 2. The summed E-state index contributed by atoms with van der Waals surface area (Å²) in [6.07, 6.45) is 4.94. The van der Waals surface area contributed by atoms with Gasteiger partial charge < -0.3 is 10.1 Å². The molecule has 0 saturated heterocycles. The van der Waals surface area contributed by atoms with Crippen molar-refractivity contribution in [3.8, 4) is 11.1 Å². The third kappa shape index (κ3) is 1.94. The lowest BCUT2D eigenvalue weighted by molar-refractivity contribution is 0.0440. The zero-order valence-corrected chi connectivity index (χ0v) is 10.4. The summed E-state index contributed by atoms with van der Waals surface area (Å²) in [5.74, 6) is 0. The summed E-state index contributed by atoms with van der Waals surface area (Å²) in [4.78, 5) is 0. The molecule has 0 radical (unpaired) electrons. The van der Waals surface area contributed by atoms with E-state index in [0.29, 0.717) is 0 Å². The van der Waals surface area contributed by atoms with Crippen molar-refractivity contribution in [2.75, 3.05) is 20.2 Å². The fraction of sp³-hybridized carbons (Fsp3) is 0.357. The van der Waals surface area contributed by atoms with E-state index in [1.165, 1.54) is 16.7 Å². The molecule has 0 bridgehead atoms. The minimum Gasteiger partial charge on any atom is -0.372 e. The first-order valence-electron chi connectivity index (χ1n) is 6.27. The molecule has 1 aliphatic heterocycles. The molecule has 0 saturated carbocycles. The zero-order chi connectivity index (χ0) is 12.4. The summed E-state index contributed by atoms with van der Waals surface area (Å²) in [5.41, 5.74) is 5.11. The summed E-state index contributed by atoms with van der Waals surface area (Å²) >= 11 is 0. The lowest BCUT2D eigenvalue weighted by atomic mass is 9.90. The Balaban J connectivity index is 2.06. The first kappa shape index (κ1) is 11.4. The van der Waals surface area contributed by atoms with Gasteiger partial charge in [0, 0.05) is 18.3 Å². The highest BCUT2D eigenvalue weighted by molar-refractivity contribution is 5.68. The lowest BCUT2D eigenvalue weighted by Gasteiger charge is -2.27. The fourth-order valence-electron chi connectivity index (χ4n) is 2.60. The minimum absolute atomic E-state index is 0.158. The monoisotopic (exact) mass is 243 g/mol. The van der Waals surface area contributed by atoms with Crippen LogP contribution in [-0.4, -0.2) is 30.4 Å². The maximum atomic E-state index is 5.83. The zero-order valence-electron chi connectivity index (χ0n) is 10.4. The number of fused-ring (bicyclic) bond motifs is 1. The normalized spacial score (nSPS) is 18.6. The van der Waals surface area contributed by atoms with E-state index in [-0.39, 0.29) is 6.10 Å². The molecular formula is C14H17N3O. The number of benzene rings is 1. The van der Waals surface area contributed by atoms with Crippen LogP contribution in [0.2, 0.25) is 0 Å². The van der Waals surface area contributed by atoms with Gasteiger partial charge in [-0.15, -0.1) is 0 Å². The van der Waals surface area contributed by atoms with Gasteiger partial charge in [-0.05, 0) is 30.2 Å². The maximum Gasteiger partial charge on any atom is 0.0952 e. The van der Waals surface area contributed by atoms with Gasteiger partial charge in [-0.3, -0.25) is 5.10 Å². The van der Waals surface area contributed by atoms with Gasteiger partial charge in [-0.25, -0.2) is 0 Å². The molecule has 0 spiro atoms. The first-order chi connectivity index (χ1) is 8.90. The van der Waals surface area contributed by atoms with Gasteiger partial charge in [0.05, 0.1) is 18.9 Å². The predicted molar refractivity (Wildman–Crippen MR) is 70.3 cm³/mol. The van der Waals surface area contributed by atoms with Crippen LogP contribution in [0.4, 0.5) is 0 Å². The lowest BCUT2D eigenvalue weighted by Crippen LogP contribution is -2.25. The second-order valence-electron chi connectivity index (χ2n) is 4.53. The van der Waals surface area contributed by atoms with Crippen molar-refractivity contribution >= 4 is 0 Å². The Hall–Kier alpha value is -1.65. The third-order valence-corrected chi connectivity index (χ3v) is 3.43. The molecule has 4 nitrogen and oxygen atoms in total. The van der Waals surface area contributed by atoms with Gasteiger partial charge in [-0.2, -0.15) is 5.10 Å². The number of hydrogen-bond donors (Lipinski definition) is 2. The molecule has 2 heterocycles. The molecule has 1 atom stereocenters. The molecule has 2 N–H and O–H groups in total. The van der Waals surface area contributed by atoms with E-state index < -0.39 is 0 Å². The summed E-state index contributed by atoms with van der Waals surface area (Å²) in [6, 6.07) is 6.42. The predicted octanol–water partition coefficient (Wildman–Crippen LogP) is 1.91. The van der Waals surface area contributed by atoms with Crippen LogP contribution >= 0.6 is 0 Å². The number of rotatable bonds is 3. The summed E-state index contributed by atoms with van der Waals surface area (Å²) in [6.45, 7) is 1.63. The number of hydrogen-bond acceptors (Lipinski definition) is 3. The van der Waals surface area contributed by atoms with E-state index in [2.05, 4.69) is 33.7 Å². The Morgan fingerprint density at radius 2 is 2.44 bits per heavy atom. The fourth-order valence-corrected chi connectivity index (χ4v) is 2.60. The molecule has 1 unspecified atom stereocenters. The van der Waals surface area contributed by atoms with Crippen molar-refractivity contribution in [2.24, 2.45) is 0 Å². The van der Waals surface area contributed by atoms with E-state index in [9.17, 15) is 0 Å². The van der Waals surface area contributed by atoms with Crippen molar-refractivity contribution < 1.29 is 4.74 Å². The van der Waals surface area contributed by atoms with E-state index in [1.54, 1.807) is 0 Å². The molecule has 3 rings (SSSR count). The van der Waals surface area contributed by atoms with Crippen LogP contribution in [0, 0.1) is 0 Å². The Labute approximate surface area is 106 Å². The van der Waals surface area contributed by atoms with Gasteiger partial charge in [0.15, 0.2) is 0 Å². The molecule has 0 fully saturated rings. The van der Waals surface area contributed by atoms with Crippen LogP contribution in [0.3, 0.4) is 0 Å². The summed E-state index contributed by atoms with van der Waals surface area (Å²) < 4.78 is 5.83. The molecule has 1 aromatic heterocycles. The number of aromatic amines is 1. The largest absolute Gasteiger partial charge is 0.372 e. The number of aromatic nitrogens is 2. The van der Waals surface area contributed by atoms with Crippen molar-refractivity contribution in [1.29, 1.82) is 0 Å². The summed E-state index contributed by atoms with van der Waals surface area (Å²) in [7, 11) is 1.96. The van der Waals surface area contributed by atoms with Crippen LogP contribution in [0.5, 0.6) is 0 Å². The third-order valence-electron chi connectivity index (χ3n) is 3.43. The maximum absolute atomic E-state index is 5.83. The number of ether oxygens (including phenoxy) is 1. The SMILES string of the molecule is CNCC1OCCc2c(-c3cn[nH]c3)cccc21. The van der Waals surface area contributed by atoms with Gasteiger partial charge in [0.1, 0.15) is 0 Å². The Morgan fingerprint density at radius 3 is 3.22 bits per heavy atom. The van der Waals surface area contributed by atoms with Gasteiger partial charge in [-0.1, -0.05) is 18.2 Å². The van der Waals surface area contributed by atoms with Gasteiger partial charge in [0.2, 0.25) is 0 Å². The van der Waals surface area contributed by atoms with Crippen molar-refractivity contribution in [3.63, 3.8) is 0 Å². The van der Waals surface area contributed by atoms with E-state index in [0.717, 1.165) is 25.1 Å². The Kier molecular flexibility index (Phi) is 3.13. The molecule has 0 aliphatic carbocycles. The van der Waals surface area contributed by atoms with Crippen LogP contribution in [0.1, 0.15) is 17.2 Å². The second-order valence-corrected chi connectivity index (χ2v) is 4.53. The Bertz CT molecular complexity index is 522. The van der Waals surface area contributed by atoms with Gasteiger partial charge >= 0.3 is 0 Å². The van der Waals surface area contributed by atoms with Crippen molar-refractivity contribution in [1.82, 2.24) is 15.5 Å². The van der Waals surface area contributed by atoms with Crippen molar-refractivity contribution in [2.45, 2.75) is 12.5 Å². The van der Waals surface area contributed by atoms with Crippen LogP contribution in [-0.2, 0) is 11.2 Å². The molecule has 94 valence electrons. The molecule has 4 heteroatoms. The topological polar surface area (TPSA) is 49.9 Å². The minimum atomic E-state index is 0.158. The average molecular weight is 243 g/mol. The molecule has 1 aliphatic rings. The highest BCUT2D eigenvalue weighted by Gasteiger charge is 2.22. The molecule has 1 aromatic carbocycles. The van der Waals surface area contributed by atoms with E-state index in [4.69, 9.17) is 4.74 Å². The molecule has 2 aromatic rings. The van der Waals surface area contributed by atoms with Crippen LogP contribution in [0.15, 0.2) is 30.6 Å².